The van der Waals surface area contributed by atoms with Crippen molar-refractivity contribution in [2.75, 3.05) is 13.4 Å². The van der Waals surface area contributed by atoms with Crippen LogP contribution < -0.4 is 9.47 Å². The SMILES string of the molecule is c1cc2c(cc1COCCCCCCCCCC1CC1)OCO2. The summed E-state index contributed by atoms with van der Waals surface area (Å²) < 4.78 is 16.4. The van der Waals surface area contributed by atoms with Crippen LogP contribution in [0.25, 0.3) is 0 Å². The van der Waals surface area contributed by atoms with Gasteiger partial charge < -0.3 is 14.2 Å². The summed E-state index contributed by atoms with van der Waals surface area (Å²) in [4.78, 5) is 0. The summed E-state index contributed by atoms with van der Waals surface area (Å²) in [6, 6.07) is 6.03. The highest BCUT2D eigenvalue weighted by Gasteiger charge is 2.19. The molecule has 2 aliphatic rings. The van der Waals surface area contributed by atoms with Crippen molar-refractivity contribution < 1.29 is 14.2 Å². The predicted molar refractivity (Wildman–Crippen MR) is 91.9 cm³/mol. The number of ether oxygens (including phenoxy) is 3. The second-order valence-electron chi connectivity index (χ2n) is 6.95. The van der Waals surface area contributed by atoms with Gasteiger partial charge in [0.25, 0.3) is 0 Å². The number of hydrogen-bond donors (Lipinski definition) is 0. The van der Waals surface area contributed by atoms with Gasteiger partial charge in [0, 0.05) is 6.61 Å². The Balaban J connectivity index is 1.13. The number of hydrogen-bond acceptors (Lipinski definition) is 3. The van der Waals surface area contributed by atoms with E-state index in [-0.39, 0.29) is 0 Å². The molecule has 0 atom stereocenters. The molecule has 1 fully saturated rings. The summed E-state index contributed by atoms with van der Waals surface area (Å²) in [5.41, 5.74) is 1.16. The maximum absolute atomic E-state index is 5.76. The van der Waals surface area contributed by atoms with E-state index in [1.807, 2.05) is 12.1 Å². The second-order valence-corrected chi connectivity index (χ2v) is 6.95. The molecule has 1 aliphatic carbocycles. The fourth-order valence-electron chi connectivity index (χ4n) is 3.15. The van der Waals surface area contributed by atoms with Crippen molar-refractivity contribution >= 4 is 0 Å². The van der Waals surface area contributed by atoms with Gasteiger partial charge in [-0.15, -0.1) is 0 Å². The lowest BCUT2D eigenvalue weighted by molar-refractivity contribution is 0.116. The summed E-state index contributed by atoms with van der Waals surface area (Å²) in [6.07, 6.45) is 14.1. The number of benzene rings is 1. The topological polar surface area (TPSA) is 27.7 Å². The molecule has 23 heavy (non-hydrogen) atoms. The van der Waals surface area contributed by atoms with E-state index in [0.29, 0.717) is 13.4 Å². The van der Waals surface area contributed by atoms with Gasteiger partial charge in [0.15, 0.2) is 11.5 Å². The highest BCUT2D eigenvalue weighted by Crippen LogP contribution is 2.34. The Hall–Kier alpha value is -1.22. The van der Waals surface area contributed by atoms with Gasteiger partial charge in [0.1, 0.15) is 0 Å². The Morgan fingerprint density at radius 3 is 2.43 bits per heavy atom. The van der Waals surface area contributed by atoms with Crippen molar-refractivity contribution in [3.05, 3.63) is 23.8 Å². The average molecular weight is 318 g/mol. The van der Waals surface area contributed by atoms with E-state index >= 15 is 0 Å². The zero-order valence-corrected chi connectivity index (χ0v) is 14.2. The Kier molecular flexibility index (Phi) is 6.63. The fraction of sp³-hybridized carbons (Fsp3) is 0.700. The van der Waals surface area contributed by atoms with Crippen LogP contribution in [0.4, 0.5) is 0 Å². The summed E-state index contributed by atoms with van der Waals surface area (Å²) >= 11 is 0. The molecule has 3 nitrogen and oxygen atoms in total. The third-order valence-electron chi connectivity index (χ3n) is 4.80. The van der Waals surface area contributed by atoms with E-state index in [1.54, 1.807) is 0 Å². The van der Waals surface area contributed by atoms with Crippen LogP contribution in [0, 0.1) is 5.92 Å². The number of unbranched alkanes of at least 4 members (excludes halogenated alkanes) is 6. The molecule has 128 valence electrons. The maximum Gasteiger partial charge on any atom is 0.231 e. The number of fused-ring (bicyclic) bond motifs is 1. The van der Waals surface area contributed by atoms with Gasteiger partial charge in [0.05, 0.1) is 6.61 Å². The van der Waals surface area contributed by atoms with Crippen molar-refractivity contribution in [2.45, 2.75) is 70.8 Å². The standard InChI is InChI=1S/C20H30O3/c1(2-4-6-8-17-9-10-17)3-5-7-13-21-15-18-11-12-19-20(14-18)23-16-22-19/h11-12,14,17H,1-10,13,15-16H2. The Bertz CT molecular complexity index is 468. The normalized spacial score (nSPS) is 16.0. The monoisotopic (exact) mass is 318 g/mol. The Labute approximate surface area is 140 Å². The summed E-state index contributed by atoms with van der Waals surface area (Å²) in [6.45, 7) is 1.86. The van der Waals surface area contributed by atoms with Crippen LogP contribution in [-0.2, 0) is 11.3 Å². The number of rotatable bonds is 12. The first kappa shape index (κ1) is 16.6. The first-order valence-electron chi connectivity index (χ1n) is 9.38. The largest absolute Gasteiger partial charge is 0.454 e. The molecule has 0 aromatic heterocycles. The van der Waals surface area contributed by atoms with Crippen LogP contribution in [0.2, 0.25) is 0 Å². The van der Waals surface area contributed by atoms with E-state index < -0.39 is 0 Å². The van der Waals surface area contributed by atoms with Crippen LogP contribution in [0.3, 0.4) is 0 Å². The van der Waals surface area contributed by atoms with Crippen molar-refractivity contribution in [1.82, 2.24) is 0 Å². The predicted octanol–water partition coefficient (Wildman–Crippen LogP) is 5.46. The molecule has 1 aliphatic heterocycles. The Morgan fingerprint density at radius 1 is 0.870 bits per heavy atom. The van der Waals surface area contributed by atoms with Gasteiger partial charge in [-0.2, -0.15) is 0 Å². The molecule has 1 saturated carbocycles. The van der Waals surface area contributed by atoms with Crippen molar-refractivity contribution in [2.24, 2.45) is 5.92 Å². The molecule has 1 aromatic carbocycles. The lowest BCUT2D eigenvalue weighted by atomic mass is 10.1. The average Bonchev–Trinajstić information content (AvgIpc) is 3.27. The van der Waals surface area contributed by atoms with Crippen LogP contribution in [0.1, 0.15) is 69.8 Å². The minimum Gasteiger partial charge on any atom is -0.454 e. The second kappa shape index (κ2) is 9.17. The molecule has 0 N–H and O–H groups in total. The lowest BCUT2D eigenvalue weighted by Crippen LogP contribution is -1.96. The molecular weight excluding hydrogens is 288 g/mol. The molecule has 0 spiro atoms. The fourth-order valence-corrected chi connectivity index (χ4v) is 3.15. The minimum absolute atomic E-state index is 0.334. The molecule has 3 heteroatoms. The zero-order chi connectivity index (χ0) is 15.7. The Morgan fingerprint density at radius 2 is 1.61 bits per heavy atom. The van der Waals surface area contributed by atoms with Crippen LogP contribution in [0.15, 0.2) is 18.2 Å². The van der Waals surface area contributed by atoms with Gasteiger partial charge in [0.2, 0.25) is 6.79 Å². The first-order chi connectivity index (χ1) is 11.4. The van der Waals surface area contributed by atoms with Crippen molar-refractivity contribution in [1.29, 1.82) is 0 Å². The molecule has 0 radical (unpaired) electrons. The van der Waals surface area contributed by atoms with Gasteiger partial charge in [-0.25, -0.2) is 0 Å². The highest BCUT2D eigenvalue weighted by atomic mass is 16.7. The summed E-state index contributed by atoms with van der Waals surface area (Å²) in [5, 5.41) is 0. The molecule has 3 rings (SSSR count). The molecule has 1 heterocycles. The van der Waals surface area contributed by atoms with E-state index in [2.05, 4.69) is 6.07 Å². The minimum atomic E-state index is 0.334. The van der Waals surface area contributed by atoms with Gasteiger partial charge in [-0.1, -0.05) is 63.9 Å². The summed E-state index contributed by atoms with van der Waals surface area (Å²) in [5.74, 6) is 2.79. The van der Waals surface area contributed by atoms with E-state index in [1.165, 1.54) is 64.2 Å². The van der Waals surface area contributed by atoms with Crippen LogP contribution in [0.5, 0.6) is 11.5 Å². The first-order valence-corrected chi connectivity index (χ1v) is 9.38. The molecule has 1 aromatic rings. The van der Waals surface area contributed by atoms with Crippen molar-refractivity contribution in [3.63, 3.8) is 0 Å². The molecule has 0 amide bonds. The van der Waals surface area contributed by atoms with Gasteiger partial charge >= 0.3 is 0 Å². The lowest BCUT2D eigenvalue weighted by Gasteiger charge is -2.06. The molecule has 0 saturated heterocycles. The maximum atomic E-state index is 5.76. The molecular formula is C20H30O3. The molecule has 0 bridgehead atoms. The van der Waals surface area contributed by atoms with E-state index in [9.17, 15) is 0 Å². The van der Waals surface area contributed by atoms with Crippen LogP contribution in [-0.4, -0.2) is 13.4 Å². The quantitative estimate of drug-likeness (QED) is 0.479. The van der Waals surface area contributed by atoms with Crippen molar-refractivity contribution in [3.8, 4) is 11.5 Å². The van der Waals surface area contributed by atoms with Gasteiger partial charge in [-0.05, 0) is 30.0 Å². The van der Waals surface area contributed by atoms with Gasteiger partial charge in [-0.3, -0.25) is 0 Å². The van der Waals surface area contributed by atoms with E-state index in [4.69, 9.17) is 14.2 Å². The van der Waals surface area contributed by atoms with Crippen LogP contribution >= 0.6 is 0 Å². The van der Waals surface area contributed by atoms with E-state index in [0.717, 1.165) is 29.6 Å². The third kappa shape index (κ3) is 6.06. The molecule has 0 unspecified atom stereocenters. The highest BCUT2D eigenvalue weighted by molar-refractivity contribution is 5.44. The zero-order valence-electron chi connectivity index (χ0n) is 14.2. The third-order valence-corrected chi connectivity index (χ3v) is 4.80. The summed E-state index contributed by atoms with van der Waals surface area (Å²) in [7, 11) is 0. The smallest absolute Gasteiger partial charge is 0.231 e.